The molecule has 4 rings (SSSR count). The topological polar surface area (TPSA) is 90.2 Å². The normalized spacial score (nSPS) is 12.3. The largest absolute Gasteiger partial charge is 0.388 e. The molecule has 0 saturated heterocycles. The van der Waals surface area contributed by atoms with Gasteiger partial charge in [-0.3, -0.25) is 0 Å². The van der Waals surface area contributed by atoms with Crippen molar-refractivity contribution in [2.75, 3.05) is 14.1 Å². The minimum absolute atomic E-state index is 0.155. The second-order valence-electron chi connectivity index (χ2n) is 5.75. The Balaban J connectivity index is 1.64. The maximum atomic E-state index is 12.3. The Hall–Kier alpha value is -2.56. The van der Waals surface area contributed by atoms with Gasteiger partial charge in [-0.25, -0.2) is 17.7 Å². The van der Waals surface area contributed by atoms with Crippen molar-refractivity contribution in [3.05, 3.63) is 47.5 Å². The van der Waals surface area contributed by atoms with Crippen molar-refractivity contribution in [3.63, 3.8) is 0 Å². The first-order valence-corrected chi connectivity index (χ1v) is 9.96. The molecule has 0 aliphatic heterocycles. The van der Waals surface area contributed by atoms with Crippen LogP contribution in [0.5, 0.6) is 0 Å². The fraction of sp³-hybridized carbons (Fsp3) is 0.188. The van der Waals surface area contributed by atoms with Crippen LogP contribution in [-0.2, 0) is 16.6 Å². The predicted molar refractivity (Wildman–Crippen MR) is 98.3 cm³/mol. The molecule has 2 aromatic carbocycles. The molecule has 8 nitrogen and oxygen atoms in total. The van der Waals surface area contributed by atoms with E-state index in [1.54, 1.807) is 6.07 Å². The standard InChI is InChI=1S/C16H15N5O3S2/c1-20(2)26(22,23)11-7-8-12-14(9-11)21(19-18-12)24-10-16-17-13-5-3-4-6-15(13)25-16/h3-9H,10H2,1-2H3. The Morgan fingerprint density at radius 1 is 1.15 bits per heavy atom. The van der Waals surface area contributed by atoms with Gasteiger partial charge in [0.15, 0.2) is 6.61 Å². The zero-order valence-corrected chi connectivity index (χ0v) is 15.7. The molecule has 0 aliphatic rings. The minimum atomic E-state index is -3.55. The fourth-order valence-corrected chi connectivity index (χ4v) is 4.24. The van der Waals surface area contributed by atoms with E-state index in [9.17, 15) is 8.42 Å². The van der Waals surface area contributed by atoms with Crippen molar-refractivity contribution in [1.82, 2.24) is 24.4 Å². The predicted octanol–water partition coefficient (Wildman–Crippen LogP) is 1.92. The molecular formula is C16H15N5O3S2. The van der Waals surface area contributed by atoms with Gasteiger partial charge in [-0.15, -0.1) is 16.4 Å². The summed E-state index contributed by atoms with van der Waals surface area (Å²) < 4.78 is 26.9. The Morgan fingerprint density at radius 3 is 2.73 bits per heavy atom. The lowest BCUT2D eigenvalue weighted by atomic mass is 10.3. The molecule has 0 fully saturated rings. The molecule has 2 heterocycles. The third-order valence-corrected chi connectivity index (χ3v) is 6.63. The number of rotatable bonds is 5. The monoisotopic (exact) mass is 389 g/mol. The summed E-state index contributed by atoms with van der Waals surface area (Å²) in [5.41, 5.74) is 1.94. The number of hydrogen-bond donors (Lipinski definition) is 0. The van der Waals surface area contributed by atoms with Gasteiger partial charge in [-0.2, -0.15) is 0 Å². The molecular weight excluding hydrogens is 374 g/mol. The van der Waals surface area contributed by atoms with E-state index in [1.807, 2.05) is 24.3 Å². The van der Waals surface area contributed by atoms with Crippen molar-refractivity contribution in [2.24, 2.45) is 0 Å². The first-order valence-electron chi connectivity index (χ1n) is 7.71. The van der Waals surface area contributed by atoms with E-state index >= 15 is 0 Å². The lowest BCUT2D eigenvalue weighted by Crippen LogP contribution is -2.22. The molecule has 26 heavy (non-hydrogen) atoms. The highest BCUT2D eigenvalue weighted by Gasteiger charge is 2.19. The summed E-state index contributed by atoms with van der Waals surface area (Å²) in [5, 5.41) is 8.75. The molecule has 0 saturated carbocycles. The third kappa shape index (κ3) is 2.91. The van der Waals surface area contributed by atoms with Crippen molar-refractivity contribution in [3.8, 4) is 0 Å². The second-order valence-corrected chi connectivity index (χ2v) is 9.02. The molecule has 4 aromatic rings. The van der Waals surface area contributed by atoms with Crippen LogP contribution in [0.2, 0.25) is 0 Å². The highest BCUT2D eigenvalue weighted by Crippen LogP contribution is 2.22. The van der Waals surface area contributed by atoms with Crippen molar-refractivity contribution >= 4 is 42.6 Å². The van der Waals surface area contributed by atoms with Crippen molar-refractivity contribution < 1.29 is 13.3 Å². The van der Waals surface area contributed by atoms with Gasteiger partial charge in [0.1, 0.15) is 16.0 Å². The van der Waals surface area contributed by atoms with E-state index in [0.717, 1.165) is 19.5 Å². The maximum absolute atomic E-state index is 12.3. The molecule has 0 atom stereocenters. The number of sulfonamides is 1. The molecule has 134 valence electrons. The van der Waals surface area contributed by atoms with Gasteiger partial charge in [0.2, 0.25) is 10.0 Å². The van der Waals surface area contributed by atoms with E-state index in [-0.39, 0.29) is 11.5 Å². The van der Waals surface area contributed by atoms with Gasteiger partial charge in [-0.1, -0.05) is 17.0 Å². The molecule has 10 heteroatoms. The average Bonchev–Trinajstić information content (AvgIpc) is 3.22. The summed E-state index contributed by atoms with van der Waals surface area (Å²) in [6, 6.07) is 12.5. The lowest BCUT2D eigenvalue weighted by Gasteiger charge is -2.11. The number of nitrogens with zero attached hydrogens (tertiary/aromatic N) is 5. The molecule has 0 amide bonds. The maximum Gasteiger partial charge on any atom is 0.242 e. The Bertz CT molecular complexity index is 1160. The van der Waals surface area contributed by atoms with Crippen LogP contribution in [-0.4, -0.2) is 47.0 Å². The van der Waals surface area contributed by atoms with Crippen LogP contribution in [0.1, 0.15) is 5.01 Å². The van der Waals surface area contributed by atoms with Gasteiger partial charge in [-0.05, 0) is 35.5 Å². The van der Waals surface area contributed by atoms with Crippen LogP contribution in [0.15, 0.2) is 47.4 Å². The van der Waals surface area contributed by atoms with E-state index in [4.69, 9.17) is 4.84 Å². The summed E-state index contributed by atoms with van der Waals surface area (Å²) in [7, 11) is -0.579. The van der Waals surface area contributed by atoms with Gasteiger partial charge in [0.05, 0.1) is 15.1 Å². The van der Waals surface area contributed by atoms with Gasteiger partial charge >= 0.3 is 0 Å². The molecule has 0 N–H and O–H groups in total. The zero-order chi connectivity index (χ0) is 18.3. The first kappa shape index (κ1) is 16.9. The number of fused-ring (bicyclic) bond motifs is 2. The van der Waals surface area contributed by atoms with Gasteiger partial charge in [0.25, 0.3) is 0 Å². The van der Waals surface area contributed by atoms with Crippen molar-refractivity contribution in [2.45, 2.75) is 11.5 Å². The number of aromatic nitrogens is 4. The summed E-state index contributed by atoms with van der Waals surface area (Å²) in [6.07, 6.45) is 0. The SMILES string of the molecule is CN(C)S(=O)(=O)c1ccc2nnn(OCc3nc4ccccc4s3)c2c1. The van der Waals surface area contributed by atoms with Crippen LogP contribution in [0.4, 0.5) is 0 Å². The molecule has 0 radical (unpaired) electrons. The zero-order valence-electron chi connectivity index (χ0n) is 14.0. The highest BCUT2D eigenvalue weighted by atomic mass is 32.2. The summed E-state index contributed by atoms with van der Waals surface area (Å²) in [4.78, 5) is 11.6. The van der Waals surface area contributed by atoms with Crippen LogP contribution >= 0.6 is 11.3 Å². The highest BCUT2D eigenvalue weighted by molar-refractivity contribution is 7.89. The Kier molecular flexibility index (Phi) is 4.10. The smallest absolute Gasteiger partial charge is 0.242 e. The number of para-hydroxylation sites is 1. The minimum Gasteiger partial charge on any atom is -0.388 e. The summed E-state index contributed by atoms with van der Waals surface area (Å²) >= 11 is 1.54. The molecule has 0 unspecified atom stereocenters. The third-order valence-electron chi connectivity index (χ3n) is 3.81. The Labute approximate surface area is 153 Å². The van der Waals surface area contributed by atoms with E-state index in [0.29, 0.717) is 11.0 Å². The van der Waals surface area contributed by atoms with Crippen LogP contribution in [0, 0.1) is 0 Å². The average molecular weight is 389 g/mol. The number of hydrogen-bond acceptors (Lipinski definition) is 7. The quantitative estimate of drug-likeness (QED) is 0.518. The van der Waals surface area contributed by atoms with Crippen LogP contribution in [0.25, 0.3) is 21.3 Å². The van der Waals surface area contributed by atoms with Gasteiger partial charge < -0.3 is 4.84 Å². The lowest BCUT2D eigenvalue weighted by molar-refractivity contribution is 0.0751. The molecule has 2 aromatic heterocycles. The Morgan fingerprint density at radius 2 is 1.96 bits per heavy atom. The van der Waals surface area contributed by atoms with E-state index in [2.05, 4.69) is 15.3 Å². The fourth-order valence-electron chi connectivity index (χ4n) is 2.44. The van der Waals surface area contributed by atoms with Crippen molar-refractivity contribution in [1.29, 1.82) is 0 Å². The molecule has 0 spiro atoms. The van der Waals surface area contributed by atoms with Gasteiger partial charge in [0, 0.05) is 14.1 Å². The molecule has 0 bridgehead atoms. The first-order chi connectivity index (χ1) is 12.4. The number of benzene rings is 2. The summed E-state index contributed by atoms with van der Waals surface area (Å²) in [6.45, 7) is 0.211. The summed E-state index contributed by atoms with van der Waals surface area (Å²) in [5.74, 6) is 0. The molecule has 0 aliphatic carbocycles. The number of thiazole rings is 1. The van der Waals surface area contributed by atoms with E-state index < -0.39 is 10.0 Å². The van der Waals surface area contributed by atoms with E-state index in [1.165, 1.54) is 42.4 Å². The van der Waals surface area contributed by atoms with Crippen LogP contribution in [0.3, 0.4) is 0 Å². The second kappa shape index (κ2) is 6.31. The van der Waals surface area contributed by atoms with Crippen LogP contribution < -0.4 is 4.84 Å².